The van der Waals surface area contributed by atoms with Gasteiger partial charge in [-0.25, -0.2) is 4.98 Å². The van der Waals surface area contributed by atoms with Gasteiger partial charge in [0.05, 0.1) is 5.01 Å². The number of nitrogens with one attached hydrogen (secondary N) is 1. The molecular formula is C10H17N3OS. The van der Waals surface area contributed by atoms with E-state index in [1.54, 1.807) is 11.3 Å². The smallest absolute Gasteiger partial charge is 0.217 e. The van der Waals surface area contributed by atoms with E-state index in [1.807, 2.05) is 13.1 Å². The van der Waals surface area contributed by atoms with E-state index in [1.165, 1.54) is 4.88 Å². The second-order valence-corrected chi connectivity index (χ2v) is 4.77. The largest absolute Gasteiger partial charge is 0.370 e. The molecule has 0 bridgehead atoms. The minimum atomic E-state index is -0.215. The number of amides is 1. The van der Waals surface area contributed by atoms with Gasteiger partial charge in [-0.15, -0.1) is 11.3 Å². The van der Waals surface area contributed by atoms with Gasteiger partial charge in [0.15, 0.2) is 0 Å². The molecule has 0 radical (unpaired) electrons. The third-order valence-electron chi connectivity index (χ3n) is 2.00. The van der Waals surface area contributed by atoms with Gasteiger partial charge in [-0.2, -0.15) is 0 Å². The summed E-state index contributed by atoms with van der Waals surface area (Å²) in [6.45, 7) is 3.79. The number of unbranched alkanes of at least 4 members (excludes halogenated alkanes) is 1. The number of thiazole rings is 1. The fraction of sp³-hybridized carbons (Fsp3) is 0.600. The van der Waals surface area contributed by atoms with E-state index in [4.69, 9.17) is 5.73 Å². The Hall–Kier alpha value is -0.940. The lowest BCUT2D eigenvalue weighted by molar-refractivity contribution is -0.118. The van der Waals surface area contributed by atoms with Gasteiger partial charge in [-0.1, -0.05) is 0 Å². The van der Waals surface area contributed by atoms with Crippen LogP contribution in [0.1, 0.15) is 29.1 Å². The minimum Gasteiger partial charge on any atom is -0.370 e. The van der Waals surface area contributed by atoms with E-state index in [-0.39, 0.29) is 5.91 Å². The van der Waals surface area contributed by atoms with Crippen molar-refractivity contribution in [1.29, 1.82) is 0 Å². The first kappa shape index (κ1) is 12.1. The molecule has 0 saturated carbocycles. The van der Waals surface area contributed by atoms with Crippen LogP contribution in [0.15, 0.2) is 6.20 Å². The quantitative estimate of drug-likeness (QED) is 0.688. The summed E-state index contributed by atoms with van der Waals surface area (Å²) in [5.74, 6) is -0.215. The highest BCUT2D eigenvalue weighted by Gasteiger charge is 1.97. The van der Waals surface area contributed by atoms with Crippen molar-refractivity contribution in [2.45, 2.75) is 32.7 Å². The Morgan fingerprint density at radius 1 is 1.60 bits per heavy atom. The first-order valence-corrected chi connectivity index (χ1v) is 5.90. The van der Waals surface area contributed by atoms with Gasteiger partial charge in [0.25, 0.3) is 0 Å². The zero-order valence-corrected chi connectivity index (χ0v) is 9.77. The summed E-state index contributed by atoms with van der Waals surface area (Å²) in [6, 6.07) is 0. The van der Waals surface area contributed by atoms with E-state index in [0.29, 0.717) is 6.42 Å². The predicted molar refractivity (Wildman–Crippen MR) is 61.6 cm³/mol. The van der Waals surface area contributed by atoms with Crippen LogP contribution in [0.4, 0.5) is 0 Å². The molecule has 1 amide bonds. The summed E-state index contributed by atoms with van der Waals surface area (Å²) >= 11 is 1.71. The van der Waals surface area contributed by atoms with E-state index >= 15 is 0 Å². The molecule has 1 aromatic heterocycles. The van der Waals surface area contributed by atoms with Crippen LogP contribution in [0.5, 0.6) is 0 Å². The molecule has 1 aromatic rings. The number of rotatable bonds is 7. The number of aryl methyl sites for hydroxylation is 1. The van der Waals surface area contributed by atoms with Crippen molar-refractivity contribution in [1.82, 2.24) is 10.3 Å². The molecule has 0 spiro atoms. The van der Waals surface area contributed by atoms with Crippen LogP contribution >= 0.6 is 11.3 Å². The van der Waals surface area contributed by atoms with Gasteiger partial charge in [-0.3, -0.25) is 4.79 Å². The average molecular weight is 227 g/mol. The Morgan fingerprint density at radius 3 is 3.00 bits per heavy atom. The van der Waals surface area contributed by atoms with Gasteiger partial charge in [-0.05, 0) is 26.3 Å². The molecule has 0 aromatic carbocycles. The highest BCUT2D eigenvalue weighted by molar-refractivity contribution is 7.11. The van der Waals surface area contributed by atoms with Gasteiger partial charge in [0.1, 0.15) is 0 Å². The number of primary amides is 1. The van der Waals surface area contributed by atoms with Gasteiger partial charge in [0.2, 0.25) is 5.91 Å². The van der Waals surface area contributed by atoms with Gasteiger partial charge >= 0.3 is 0 Å². The first-order chi connectivity index (χ1) is 7.18. The van der Waals surface area contributed by atoms with Crippen molar-refractivity contribution in [2.75, 3.05) is 6.54 Å². The zero-order chi connectivity index (χ0) is 11.1. The standard InChI is InChI=1S/C10H17N3OS/c1-8-13-7-9(15-8)6-12-5-3-2-4-10(11)14/h7,12H,2-6H2,1H3,(H2,11,14). The van der Waals surface area contributed by atoms with Crippen molar-refractivity contribution < 1.29 is 4.79 Å². The molecule has 84 valence electrons. The lowest BCUT2D eigenvalue weighted by Crippen LogP contribution is -2.15. The van der Waals surface area contributed by atoms with Crippen LogP contribution in [0, 0.1) is 6.92 Å². The maximum absolute atomic E-state index is 10.5. The highest BCUT2D eigenvalue weighted by atomic mass is 32.1. The fourth-order valence-electron chi connectivity index (χ4n) is 1.25. The molecule has 0 fully saturated rings. The lowest BCUT2D eigenvalue weighted by Gasteiger charge is -2.01. The number of nitrogens with zero attached hydrogens (tertiary/aromatic N) is 1. The van der Waals surface area contributed by atoms with Crippen molar-refractivity contribution in [3.63, 3.8) is 0 Å². The Morgan fingerprint density at radius 2 is 2.40 bits per heavy atom. The van der Waals surface area contributed by atoms with Crippen molar-refractivity contribution in [2.24, 2.45) is 5.73 Å². The van der Waals surface area contributed by atoms with Crippen LogP contribution in [-0.2, 0) is 11.3 Å². The molecule has 0 atom stereocenters. The number of carbonyl (C=O) groups excluding carboxylic acids is 1. The van der Waals surface area contributed by atoms with Crippen molar-refractivity contribution in [3.8, 4) is 0 Å². The maximum atomic E-state index is 10.5. The van der Waals surface area contributed by atoms with Gasteiger partial charge in [0, 0.05) is 24.0 Å². The van der Waals surface area contributed by atoms with E-state index < -0.39 is 0 Å². The number of aromatic nitrogens is 1. The normalized spacial score (nSPS) is 10.5. The van der Waals surface area contributed by atoms with Crippen LogP contribution in [0.25, 0.3) is 0 Å². The summed E-state index contributed by atoms with van der Waals surface area (Å²) in [4.78, 5) is 15.9. The fourth-order valence-corrected chi connectivity index (χ4v) is 2.01. The second kappa shape index (κ2) is 6.53. The average Bonchev–Trinajstić information content (AvgIpc) is 2.57. The van der Waals surface area contributed by atoms with E-state index in [2.05, 4.69) is 10.3 Å². The molecule has 0 unspecified atom stereocenters. The lowest BCUT2D eigenvalue weighted by atomic mass is 10.2. The van der Waals surface area contributed by atoms with Crippen LogP contribution in [0.3, 0.4) is 0 Å². The topological polar surface area (TPSA) is 68.0 Å². The van der Waals surface area contributed by atoms with Crippen LogP contribution in [0.2, 0.25) is 0 Å². The van der Waals surface area contributed by atoms with Crippen LogP contribution in [-0.4, -0.2) is 17.4 Å². The minimum absolute atomic E-state index is 0.215. The molecular weight excluding hydrogens is 210 g/mol. The molecule has 0 aliphatic rings. The molecule has 4 nitrogen and oxygen atoms in total. The molecule has 3 N–H and O–H groups in total. The van der Waals surface area contributed by atoms with Crippen LogP contribution < -0.4 is 11.1 Å². The zero-order valence-electron chi connectivity index (χ0n) is 8.95. The monoisotopic (exact) mass is 227 g/mol. The molecule has 5 heteroatoms. The summed E-state index contributed by atoms with van der Waals surface area (Å²) in [5.41, 5.74) is 5.04. The van der Waals surface area contributed by atoms with Crippen molar-refractivity contribution in [3.05, 3.63) is 16.1 Å². The predicted octanol–water partition coefficient (Wildman–Crippen LogP) is 1.20. The Kier molecular flexibility index (Phi) is 5.28. The van der Waals surface area contributed by atoms with E-state index in [9.17, 15) is 4.79 Å². The molecule has 0 saturated heterocycles. The molecule has 0 aliphatic heterocycles. The molecule has 1 rings (SSSR count). The number of nitrogens with two attached hydrogens (primary N) is 1. The molecule has 1 heterocycles. The number of hydrogen-bond acceptors (Lipinski definition) is 4. The summed E-state index contributed by atoms with van der Waals surface area (Å²) in [6.07, 6.45) is 4.24. The Bertz CT molecular complexity index is 311. The Balaban J connectivity index is 2.00. The first-order valence-electron chi connectivity index (χ1n) is 5.09. The molecule has 15 heavy (non-hydrogen) atoms. The highest BCUT2D eigenvalue weighted by Crippen LogP contribution is 2.10. The third-order valence-corrected chi connectivity index (χ3v) is 2.91. The van der Waals surface area contributed by atoms with E-state index in [0.717, 1.165) is 30.9 Å². The Labute approximate surface area is 93.9 Å². The maximum Gasteiger partial charge on any atom is 0.217 e. The number of carbonyl (C=O) groups is 1. The van der Waals surface area contributed by atoms with Crippen molar-refractivity contribution >= 4 is 17.2 Å². The third kappa shape index (κ3) is 5.49. The number of hydrogen-bond donors (Lipinski definition) is 2. The summed E-state index contributed by atoms with van der Waals surface area (Å²) in [5, 5.41) is 4.40. The summed E-state index contributed by atoms with van der Waals surface area (Å²) < 4.78 is 0. The molecule has 0 aliphatic carbocycles. The summed E-state index contributed by atoms with van der Waals surface area (Å²) in [7, 11) is 0. The van der Waals surface area contributed by atoms with Gasteiger partial charge < -0.3 is 11.1 Å². The second-order valence-electron chi connectivity index (χ2n) is 3.45. The SMILES string of the molecule is Cc1ncc(CNCCCCC(N)=O)s1.